The monoisotopic (exact) mass is 359 g/mol. The fourth-order valence-electron chi connectivity index (χ4n) is 1.85. The summed E-state index contributed by atoms with van der Waals surface area (Å²) in [5, 5.41) is 3.90. The molecule has 0 aliphatic carbocycles. The van der Waals surface area contributed by atoms with Crippen LogP contribution in [0.5, 0.6) is 0 Å². The van der Waals surface area contributed by atoms with Crippen molar-refractivity contribution in [1.82, 2.24) is 10.4 Å². The molecule has 102 valence electrons. The summed E-state index contributed by atoms with van der Waals surface area (Å²) >= 11 is 11.3. The van der Waals surface area contributed by atoms with Gasteiger partial charge in [0, 0.05) is 33.0 Å². The molecule has 0 amide bonds. The Morgan fingerprint density at radius 2 is 2.26 bits per heavy atom. The van der Waals surface area contributed by atoms with E-state index >= 15 is 0 Å². The maximum atomic E-state index is 6.23. The predicted molar refractivity (Wildman–Crippen MR) is 84.5 cm³/mol. The normalized spacial score (nSPS) is 12.6. The summed E-state index contributed by atoms with van der Waals surface area (Å²) in [6.45, 7) is 2.00. The second-order valence-corrected chi connectivity index (χ2v) is 6.66. The van der Waals surface area contributed by atoms with E-state index in [-0.39, 0.29) is 6.04 Å². The molecule has 1 aromatic heterocycles. The van der Waals surface area contributed by atoms with Crippen molar-refractivity contribution < 1.29 is 0 Å². The molecule has 19 heavy (non-hydrogen) atoms. The lowest BCUT2D eigenvalue weighted by atomic mass is 10.0. The Morgan fingerprint density at radius 3 is 2.84 bits per heavy atom. The van der Waals surface area contributed by atoms with Crippen LogP contribution in [0.25, 0.3) is 0 Å². The Morgan fingerprint density at radius 1 is 1.47 bits per heavy atom. The first-order chi connectivity index (χ1) is 9.08. The van der Waals surface area contributed by atoms with Crippen molar-refractivity contribution in [2.24, 2.45) is 5.84 Å². The van der Waals surface area contributed by atoms with E-state index < -0.39 is 0 Å². The van der Waals surface area contributed by atoms with Gasteiger partial charge < -0.3 is 0 Å². The van der Waals surface area contributed by atoms with Crippen LogP contribution in [0.3, 0.4) is 0 Å². The van der Waals surface area contributed by atoms with Crippen molar-refractivity contribution in [3.05, 3.63) is 49.3 Å². The summed E-state index contributed by atoms with van der Waals surface area (Å²) in [5.41, 5.74) is 4.98. The van der Waals surface area contributed by atoms with Gasteiger partial charge in [0.25, 0.3) is 0 Å². The van der Waals surface area contributed by atoms with Gasteiger partial charge in [-0.05, 0) is 31.0 Å². The third-order valence-corrected chi connectivity index (χ3v) is 4.64. The molecule has 0 saturated heterocycles. The lowest BCUT2D eigenvalue weighted by Crippen LogP contribution is -2.38. The molecule has 3 nitrogen and oxygen atoms in total. The van der Waals surface area contributed by atoms with Gasteiger partial charge in [-0.2, -0.15) is 0 Å². The van der Waals surface area contributed by atoms with Crippen LogP contribution in [0, 0.1) is 6.92 Å². The van der Waals surface area contributed by atoms with E-state index in [4.69, 9.17) is 17.4 Å². The second kappa shape index (κ2) is 6.81. The zero-order chi connectivity index (χ0) is 13.8. The Labute approximate surface area is 130 Å². The molecule has 0 saturated carbocycles. The lowest BCUT2D eigenvalue weighted by molar-refractivity contribution is 0.521. The SMILES string of the molecule is Cc1csc(CC(Cc2ccc(Br)cc2Cl)NN)n1. The largest absolute Gasteiger partial charge is 0.271 e. The molecular formula is C13H15BrClN3S. The number of hydrazine groups is 1. The van der Waals surface area contributed by atoms with Crippen LogP contribution in [0.15, 0.2) is 28.1 Å². The molecule has 6 heteroatoms. The number of nitrogens with zero attached hydrogens (tertiary/aromatic N) is 1. The summed E-state index contributed by atoms with van der Waals surface area (Å²) in [7, 11) is 0. The fraction of sp³-hybridized carbons (Fsp3) is 0.308. The molecule has 0 aliphatic rings. The molecule has 1 heterocycles. The summed E-state index contributed by atoms with van der Waals surface area (Å²) in [4.78, 5) is 4.46. The van der Waals surface area contributed by atoms with Crippen molar-refractivity contribution >= 4 is 38.9 Å². The maximum Gasteiger partial charge on any atom is 0.0944 e. The highest BCUT2D eigenvalue weighted by atomic mass is 79.9. The highest BCUT2D eigenvalue weighted by Gasteiger charge is 2.13. The zero-order valence-corrected chi connectivity index (χ0v) is 13.6. The Balaban J connectivity index is 2.06. The van der Waals surface area contributed by atoms with Crippen LogP contribution >= 0.6 is 38.9 Å². The zero-order valence-electron chi connectivity index (χ0n) is 10.5. The molecule has 0 bridgehead atoms. The molecule has 0 aliphatic heterocycles. The van der Waals surface area contributed by atoms with E-state index in [9.17, 15) is 0 Å². The average molecular weight is 361 g/mol. The number of nitrogens with two attached hydrogens (primary N) is 1. The summed E-state index contributed by atoms with van der Waals surface area (Å²) in [6, 6.07) is 6.04. The quantitative estimate of drug-likeness (QED) is 0.634. The van der Waals surface area contributed by atoms with E-state index in [1.807, 2.05) is 25.1 Å². The van der Waals surface area contributed by atoms with Crippen molar-refractivity contribution in [2.45, 2.75) is 25.8 Å². The number of benzene rings is 1. The number of hydrogen-bond donors (Lipinski definition) is 2. The van der Waals surface area contributed by atoms with E-state index in [0.29, 0.717) is 0 Å². The fourth-order valence-corrected chi connectivity index (χ4v) is 3.45. The average Bonchev–Trinajstić information content (AvgIpc) is 2.77. The van der Waals surface area contributed by atoms with Crippen molar-refractivity contribution in [2.75, 3.05) is 0 Å². The lowest BCUT2D eigenvalue weighted by Gasteiger charge is -2.15. The number of aryl methyl sites for hydroxylation is 1. The van der Waals surface area contributed by atoms with Crippen LogP contribution in [-0.4, -0.2) is 11.0 Å². The van der Waals surface area contributed by atoms with Crippen LogP contribution < -0.4 is 11.3 Å². The Bertz CT molecular complexity index is 559. The Kier molecular flexibility index (Phi) is 5.36. The molecule has 2 aromatic rings. The van der Waals surface area contributed by atoms with Gasteiger partial charge >= 0.3 is 0 Å². The number of thiazole rings is 1. The van der Waals surface area contributed by atoms with E-state index in [1.165, 1.54) is 0 Å². The number of halogens is 2. The number of aromatic nitrogens is 1. The first-order valence-corrected chi connectivity index (χ1v) is 7.94. The van der Waals surface area contributed by atoms with Crippen molar-refractivity contribution in [1.29, 1.82) is 0 Å². The van der Waals surface area contributed by atoms with Gasteiger partial charge in [0.15, 0.2) is 0 Å². The molecule has 1 unspecified atom stereocenters. The van der Waals surface area contributed by atoms with Gasteiger partial charge in [-0.25, -0.2) is 4.98 Å². The highest BCUT2D eigenvalue weighted by molar-refractivity contribution is 9.10. The van der Waals surface area contributed by atoms with E-state index in [1.54, 1.807) is 11.3 Å². The number of nitrogens with one attached hydrogen (secondary N) is 1. The Hall–Kier alpha value is -0.460. The molecule has 1 aromatic carbocycles. The van der Waals surface area contributed by atoms with Gasteiger partial charge in [0.1, 0.15) is 0 Å². The van der Waals surface area contributed by atoms with Crippen LogP contribution in [0.2, 0.25) is 5.02 Å². The summed E-state index contributed by atoms with van der Waals surface area (Å²) in [5.74, 6) is 5.63. The molecule has 0 spiro atoms. The maximum absolute atomic E-state index is 6.23. The molecule has 2 rings (SSSR count). The molecule has 1 atom stereocenters. The van der Waals surface area contributed by atoms with E-state index in [0.717, 1.165) is 38.6 Å². The topological polar surface area (TPSA) is 50.9 Å². The molecule has 0 radical (unpaired) electrons. The van der Waals surface area contributed by atoms with Crippen LogP contribution in [0.4, 0.5) is 0 Å². The van der Waals surface area contributed by atoms with Gasteiger partial charge in [0.05, 0.1) is 5.01 Å². The first-order valence-electron chi connectivity index (χ1n) is 5.89. The molecular weight excluding hydrogens is 346 g/mol. The van der Waals surface area contributed by atoms with Gasteiger partial charge in [-0.1, -0.05) is 33.6 Å². The second-order valence-electron chi connectivity index (χ2n) is 4.39. The predicted octanol–water partition coefficient (Wildman–Crippen LogP) is 3.48. The third-order valence-electron chi connectivity index (χ3n) is 2.80. The standard InChI is InChI=1S/C13H15BrClN3S/c1-8-7-19-13(17-8)6-11(18-16)4-9-2-3-10(14)5-12(9)15/h2-3,5,7,11,18H,4,6,16H2,1H3. The summed E-state index contributed by atoms with van der Waals surface area (Å²) < 4.78 is 0.981. The van der Waals surface area contributed by atoms with Crippen LogP contribution in [-0.2, 0) is 12.8 Å². The minimum atomic E-state index is 0.129. The van der Waals surface area contributed by atoms with E-state index in [2.05, 4.69) is 31.7 Å². The number of rotatable bonds is 5. The van der Waals surface area contributed by atoms with Gasteiger partial charge in [-0.3, -0.25) is 11.3 Å². The highest BCUT2D eigenvalue weighted by Crippen LogP contribution is 2.23. The molecule has 0 fully saturated rings. The van der Waals surface area contributed by atoms with Gasteiger partial charge in [-0.15, -0.1) is 11.3 Å². The third kappa shape index (κ3) is 4.26. The summed E-state index contributed by atoms with van der Waals surface area (Å²) in [6.07, 6.45) is 1.59. The number of hydrogen-bond acceptors (Lipinski definition) is 4. The van der Waals surface area contributed by atoms with Gasteiger partial charge in [0.2, 0.25) is 0 Å². The minimum Gasteiger partial charge on any atom is -0.271 e. The first kappa shape index (κ1) is 14.9. The van der Waals surface area contributed by atoms with Crippen molar-refractivity contribution in [3.63, 3.8) is 0 Å². The van der Waals surface area contributed by atoms with Crippen molar-refractivity contribution in [3.8, 4) is 0 Å². The minimum absolute atomic E-state index is 0.129. The van der Waals surface area contributed by atoms with Crippen LogP contribution in [0.1, 0.15) is 16.3 Å². The smallest absolute Gasteiger partial charge is 0.0944 e. The molecule has 3 N–H and O–H groups in total.